The second kappa shape index (κ2) is 7.27. The Kier molecular flexibility index (Phi) is 4.44. The molecule has 0 bridgehead atoms. The summed E-state index contributed by atoms with van der Waals surface area (Å²) in [5, 5.41) is 6.98. The molecule has 0 aliphatic rings. The van der Waals surface area contributed by atoms with Crippen LogP contribution in [0.5, 0.6) is 0 Å². The number of hydrogen-bond acceptors (Lipinski definition) is 4. The lowest BCUT2D eigenvalue weighted by Crippen LogP contribution is -2.22. The Morgan fingerprint density at radius 2 is 2.07 bits per heavy atom. The first-order valence-electron chi connectivity index (χ1n) is 9.11. The Balaban J connectivity index is 1.28. The van der Waals surface area contributed by atoms with Gasteiger partial charge >= 0.3 is 0 Å². The second-order valence-corrected chi connectivity index (χ2v) is 7.14. The van der Waals surface area contributed by atoms with Gasteiger partial charge in [-0.05, 0) is 18.2 Å². The zero-order valence-electron chi connectivity index (χ0n) is 15.5. The molecule has 0 saturated carbocycles. The molecule has 0 unspecified atom stereocenters. The average Bonchev–Trinajstić information content (AvgIpc) is 3.47. The van der Waals surface area contributed by atoms with Crippen molar-refractivity contribution in [3.05, 3.63) is 89.4 Å². The van der Waals surface area contributed by atoms with Gasteiger partial charge in [0.2, 0.25) is 0 Å². The number of hydrogen-bond donors (Lipinski definition) is 1. The number of aromatic nitrogens is 6. The number of imidazole rings is 2. The van der Waals surface area contributed by atoms with Crippen LogP contribution in [0.25, 0.3) is 11.2 Å². The Morgan fingerprint density at radius 3 is 2.93 bits per heavy atom. The first-order valence-corrected chi connectivity index (χ1v) is 9.49. The molecule has 5 rings (SSSR count). The fourth-order valence-corrected chi connectivity index (χ4v) is 3.42. The standard InChI is InChI=1S/C20H15ClFN7O/c21-15-4-6-28-12-24-16(19(28)18(15)22)8-23-20(30)13-7-25-29(9-13)11-14-10-27-5-2-1-3-17(27)26-14/h1-7,9-10,12H,8,11H2,(H,23,30). The molecule has 1 amide bonds. The molecule has 10 heteroatoms. The van der Waals surface area contributed by atoms with Crippen LogP contribution in [0.4, 0.5) is 4.39 Å². The minimum Gasteiger partial charge on any atom is -0.346 e. The molecule has 8 nitrogen and oxygen atoms in total. The first kappa shape index (κ1) is 18.3. The van der Waals surface area contributed by atoms with Crippen LogP contribution in [0.2, 0.25) is 5.02 Å². The lowest BCUT2D eigenvalue weighted by atomic mass is 10.3. The van der Waals surface area contributed by atoms with Crippen LogP contribution < -0.4 is 5.32 Å². The molecular weight excluding hydrogens is 409 g/mol. The maximum absolute atomic E-state index is 14.3. The van der Waals surface area contributed by atoms with Gasteiger partial charge in [0.1, 0.15) is 11.2 Å². The summed E-state index contributed by atoms with van der Waals surface area (Å²) in [5.41, 5.74) is 2.69. The van der Waals surface area contributed by atoms with Crippen molar-refractivity contribution >= 4 is 28.7 Å². The molecule has 5 aromatic heterocycles. The van der Waals surface area contributed by atoms with Crippen LogP contribution in [0.3, 0.4) is 0 Å². The summed E-state index contributed by atoms with van der Waals surface area (Å²) in [6.07, 6.45) is 10.0. The molecule has 30 heavy (non-hydrogen) atoms. The van der Waals surface area contributed by atoms with E-state index in [9.17, 15) is 9.18 Å². The molecule has 150 valence electrons. The van der Waals surface area contributed by atoms with Crippen molar-refractivity contribution in [2.45, 2.75) is 13.1 Å². The highest BCUT2D eigenvalue weighted by Crippen LogP contribution is 2.21. The Hall–Kier alpha value is -3.72. The van der Waals surface area contributed by atoms with Crippen molar-refractivity contribution in [1.82, 2.24) is 33.9 Å². The molecule has 1 N–H and O–H groups in total. The maximum Gasteiger partial charge on any atom is 0.254 e. The lowest BCUT2D eigenvalue weighted by Gasteiger charge is -2.03. The van der Waals surface area contributed by atoms with E-state index in [1.54, 1.807) is 17.1 Å². The third-order valence-corrected chi connectivity index (χ3v) is 5.01. The third kappa shape index (κ3) is 3.29. The number of nitrogens with one attached hydrogen (secondary N) is 1. The van der Waals surface area contributed by atoms with E-state index in [-0.39, 0.29) is 23.0 Å². The lowest BCUT2D eigenvalue weighted by molar-refractivity contribution is 0.0950. The third-order valence-electron chi connectivity index (χ3n) is 4.72. The molecular formula is C20H15ClFN7O. The summed E-state index contributed by atoms with van der Waals surface area (Å²) in [4.78, 5) is 21.2. The number of carbonyl (C=O) groups excluding carboxylic acids is 1. The molecule has 0 radical (unpaired) electrons. The highest BCUT2D eigenvalue weighted by atomic mass is 35.5. The zero-order valence-corrected chi connectivity index (χ0v) is 16.3. The van der Waals surface area contributed by atoms with Gasteiger partial charge in [0.15, 0.2) is 5.82 Å². The molecule has 0 aliphatic carbocycles. The van der Waals surface area contributed by atoms with Gasteiger partial charge in [-0.3, -0.25) is 9.48 Å². The zero-order chi connectivity index (χ0) is 20.7. The van der Waals surface area contributed by atoms with E-state index in [0.29, 0.717) is 17.8 Å². The van der Waals surface area contributed by atoms with Crippen LogP contribution in [0.15, 0.2) is 61.6 Å². The van der Waals surface area contributed by atoms with E-state index < -0.39 is 5.82 Å². The summed E-state index contributed by atoms with van der Waals surface area (Å²) in [5.74, 6) is -0.902. The van der Waals surface area contributed by atoms with Gasteiger partial charge in [-0.25, -0.2) is 14.4 Å². The molecule has 0 aromatic carbocycles. The highest BCUT2D eigenvalue weighted by molar-refractivity contribution is 6.31. The van der Waals surface area contributed by atoms with Crippen molar-refractivity contribution in [2.24, 2.45) is 0 Å². The van der Waals surface area contributed by atoms with Gasteiger partial charge in [-0.1, -0.05) is 17.7 Å². The highest BCUT2D eigenvalue weighted by Gasteiger charge is 2.15. The maximum atomic E-state index is 14.3. The number of halogens is 2. The van der Waals surface area contributed by atoms with Crippen LogP contribution >= 0.6 is 11.6 Å². The summed E-state index contributed by atoms with van der Waals surface area (Å²) in [7, 11) is 0. The molecule has 5 aromatic rings. The van der Waals surface area contributed by atoms with Gasteiger partial charge in [-0.2, -0.15) is 5.10 Å². The predicted octanol–water partition coefficient (Wildman–Crippen LogP) is 2.95. The van der Waals surface area contributed by atoms with Crippen molar-refractivity contribution in [3.63, 3.8) is 0 Å². The Labute approximate surface area is 174 Å². The number of fused-ring (bicyclic) bond motifs is 2. The number of pyridine rings is 2. The van der Waals surface area contributed by atoms with E-state index >= 15 is 0 Å². The number of amides is 1. The SMILES string of the molecule is O=C(NCc1ncn2ccc(Cl)c(F)c12)c1cnn(Cc2cn3ccccc3n2)c1. The van der Waals surface area contributed by atoms with E-state index in [1.807, 2.05) is 35.0 Å². The number of carbonyl (C=O) groups is 1. The number of nitrogens with zero attached hydrogens (tertiary/aromatic N) is 6. The van der Waals surface area contributed by atoms with E-state index in [0.717, 1.165) is 11.3 Å². The second-order valence-electron chi connectivity index (χ2n) is 6.73. The Morgan fingerprint density at radius 1 is 1.17 bits per heavy atom. The number of rotatable bonds is 5. The van der Waals surface area contributed by atoms with Crippen molar-refractivity contribution in [3.8, 4) is 0 Å². The monoisotopic (exact) mass is 423 g/mol. The normalized spacial score (nSPS) is 11.4. The molecule has 5 heterocycles. The van der Waals surface area contributed by atoms with Crippen LogP contribution in [0, 0.1) is 5.82 Å². The van der Waals surface area contributed by atoms with E-state index in [2.05, 4.69) is 20.4 Å². The van der Waals surface area contributed by atoms with E-state index in [1.165, 1.54) is 23.0 Å². The molecule has 0 saturated heterocycles. The summed E-state index contributed by atoms with van der Waals surface area (Å²) in [6, 6.07) is 7.22. The minimum absolute atomic E-state index is 0.00352. The molecule has 0 fully saturated rings. The van der Waals surface area contributed by atoms with Gasteiger partial charge in [0, 0.05) is 24.8 Å². The van der Waals surface area contributed by atoms with Crippen molar-refractivity contribution in [2.75, 3.05) is 0 Å². The van der Waals surface area contributed by atoms with Gasteiger partial charge in [0.25, 0.3) is 5.91 Å². The van der Waals surface area contributed by atoms with Gasteiger partial charge in [0.05, 0.1) is 47.6 Å². The van der Waals surface area contributed by atoms with Crippen molar-refractivity contribution < 1.29 is 9.18 Å². The first-order chi connectivity index (χ1) is 14.6. The fraction of sp³-hybridized carbons (Fsp3) is 0.100. The summed E-state index contributed by atoms with van der Waals surface area (Å²) < 4.78 is 19.4. The summed E-state index contributed by atoms with van der Waals surface area (Å²) in [6.45, 7) is 0.495. The smallest absolute Gasteiger partial charge is 0.254 e. The average molecular weight is 424 g/mol. The fourth-order valence-electron chi connectivity index (χ4n) is 3.28. The topological polar surface area (TPSA) is 81.5 Å². The van der Waals surface area contributed by atoms with E-state index in [4.69, 9.17) is 11.6 Å². The minimum atomic E-state index is -0.568. The largest absolute Gasteiger partial charge is 0.346 e. The molecule has 0 atom stereocenters. The Bertz CT molecular complexity index is 1350. The van der Waals surface area contributed by atoms with Crippen molar-refractivity contribution in [1.29, 1.82) is 0 Å². The van der Waals surface area contributed by atoms with Gasteiger partial charge < -0.3 is 14.1 Å². The summed E-state index contributed by atoms with van der Waals surface area (Å²) >= 11 is 5.85. The van der Waals surface area contributed by atoms with Gasteiger partial charge in [-0.15, -0.1) is 0 Å². The van der Waals surface area contributed by atoms with Crippen LogP contribution in [-0.4, -0.2) is 34.5 Å². The molecule has 0 spiro atoms. The molecule has 0 aliphatic heterocycles. The predicted molar refractivity (Wildman–Crippen MR) is 108 cm³/mol. The van der Waals surface area contributed by atoms with Crippen LogP contribution in [-0.2, 0) is 13.1 Å². The van der Waals surface area contributed by atoms with Crippen LogP contribution in [0.1, 0.15) is 21.7 Å². The quantitative estimate of drug-likeness (QED) is 0.471.